The van der Waals surface area contributed by atoms with Gasteiger partial charge in [-0.25, -0.2) is 0 Å². The summed E-state index contributed by atoms with van der Waals surface area (Å²) in [5.74, 6) is 0. The van der Waals surface area contributed by atoms with E-state index >= 15 is 0 Å². The fourth-order valence-corrected chi connectivity index (χ4v) is 4.09. The molecule has 3 nitrogen and oxygen atoms in total. The van der Waals surface area contributed by atoms with Crippen LogP contribution in [-0.4, -0.2) is 13.2 Å². The molecular formula is C18H31O3P. The van der Waals surface area contributed by atoms with Gasteiger partial charge in [-0.2, -0.15) is 0 Å². The average Bonchev–Trinajstić information content (AvgIpc) is 2.54. The molecule has 0 aromatic heterocycles. The van der Waals surface area contributed by atoms with E-state index in [0.717, 1.165) is 55.8 Å². The molecule has 0 radical (unpaired) electrons. The minimum Gasteiger partial charge on any atom is -0.305 e. The highest BCUT2D eigenvalue weighted by Gasteiger charge is 2.29. The third kappa shape index (κ3) is 6.24. The third-order valence-electron chi connectivity index (χ3n) is 3.60. The van der Waals surface area contributed by atoms with Crippen LogP contribution in [0.1, 0.15) is 64.9 Å². The molecule has 1 aromatic rings. The highest BCUT2D eigenvalue weighted by atomic mass is 31.2. The van der Waals surface area contributed by atoms with Crippen molar-refractivity contribution in [2.75, 3.05) is 13.2 Å². The molecule has 0 unspecified atom stereocenters. The number of aryl methyl sites for hydroxylation is 1. The molecule has 22 heavy (non-hydrogen) atoms. The number of hydrogen-bond acceptors (Lipinski definition) is 3. The monoisotopic (exact) mass is 326 g/mol. The van der Waals surface area contributed by atoms with Gasteiger partial charge in [-0.3, -0.25) is 4.57 Å². The molecule has 0 aliphatic heterocycles. The van der Waals surface area contributed by atoms with Crippen LogP contribution >= 0.6 is 7.60 Å². The summed E-state index contributed by atoms with van der Waals surface area (Å²) in [5, 5.41) is 0.760. The van der Waals surface area contributed by atoms with Crippen LogP contribution in [0.2, 0.25) is 0 Å². The van der Waals surface area contributed by atoms with E-state index < -0.39 is 7.60 Å². The van der Waals surface area contributed by atoms with Crippen LogP contribution in [0.3, 0.4) is 0 Å². The summed E-state index contributed by atoms with van der Waals surface area (Å²) in [4.78, 5) is 0. The van der Waals surface area contributed by atoms with Gasteiger partial charge in [-0.15, -0.1) is 0 Å². The number of hydrogen-bond donors (Lipinski definition) is 0. The fourth-order valence-electron chi connectivity index (χ4n) is 2.19. The standard InChI is InChI=1S/C18H31O3P/c1-4-7-12-17-13-10-11-14-18(17)22(19,20-15-8-5-2)21-16-9-6-3/h10-11,13-14H,4-9,12,15-16H2,1-3H3. The summed E-state index contributed by atoms with van der Waals surface area (Å²) in [6.45, 7) is 7.34. The van der Waals surface area contributed by atoms with Crippen LogP contribution in [0.5, 0.6) is 0 Å². The minimum absolute atomic E-state index is 0.488. The topological polar surface area (TPSA) is 35.5 Å². The molecule has 0 aliphatic carbocycles. The molecule has 0 N–H and O–H groups in total. The van der Waals surface area contributed by atoms with E-state index in [9.17, 15) is 4.57 Å². The van der Waals surface area contributed by atoms with Crippen molar-refractivity contribution in [3.8, 4) is 0 Å². The summed E-state index contributed by atoms with van der Waals surface area (Å²) in [6.07, 6.45) is 6.97. The van der Waals surface area contributed by atoms with Crippen LogP contribution < -0.4 is 5.30 Å². The number of rotatable bonds is 12. The van der Waals surface area contributed by atoms with Crippen LogP contribution in [-0.2, 0) is 20.0 Å². The van der Waals surface area contributed by atoms with Gasteiger partial charge in [0.05, 0.1) is 18.5 Å². The van der Waals surface area contributed by atoms with Gasteiger partial charge in [-0.05, 0) is 37.3 Å². The van der Waals surface area contributed by atoms with E-state index in [4.69, 9.17) is 9.05 Å². The Kier molecular flexibility index (Phi) is 9.70. The lowest BCUT2D eigenvalue weighted by Crippen LogP contribution is -2.16. The summed E-state index contributed by atoms with van der Waals surface area (Å²) in [7, 11) is -3.21. The van der Waals surface area contributed by atoms with Gasteiger partial charge in [0.1, 0.15) is 0 Å². The quantitative estimate of drug-likeness (QED) is 0.377. The van der Waals surface area contributed by atoms with Crippen LogP contribution in [0.4, 0.5) is 0 Å². The lowest BCUT2D eigenvalue weighted by atomic mass is 10.1. The first-order valence-electron chi connectivity index (χ1n) is 8.65. The van der Waals surface area contributed by atoms with Crippen molar-refractivity contribution in [2.45, 2.75) is 65.7 Å². The van der Waals surface area contributed by atoms with Crippen molar-refractivity contribution in [2.24, 2.45) is 0 Å². The molecule has 0 spiro atoms. The third-order valence-corrected chi connectivity index (χ3v) is 5.68. The molecule has 0 saturated carbocycles. The molecule has 0 heterocycles. The second-order valence-corrected chi connectivity index (χ2v) is 7.60. The first kappa shape index (κ1) is 19.4. The second-order valence-electron chi connectivity index (χ2n) is 5.60. The van der Waals surface area contributed by atoms with Crippen LogP contribution in [0, 0.1) is 0 Å². The maximum Gasteiger partial charge on any atom is 0.361 e. The van der Waals surface area contributed by atoms with Crippen molar-refractivity contribution in [3.05, 3.63) is 29.8 Å². The lowest BCUT2D eigenvalue weighted by molar-refractivity contribution is 0.208. The van der Waals surface area contributed by atoms with Gasteiger partial charge in [0.15, 0.2) is 0 Å². The molecule has 1 aromatic carbocycles. The Balaban J connectivity index is 2.95. The number of benzene rings is 1. The van der Waals surface area contributed by atoms with E-state index in [1.807, 2.05) is 24.3 Å². The van der Waals surface area contributed by atoms with Crippen molar-refractivity contribution >= 4 is 12.9 Å². The van der Waals surface area contributed by atoms with Crippen molar-refractivity contribution in [3.63, 3.8) is 0 Å². The summed E-state index contributed by atoms with van der Waals surface area (Å²) in [6, 6.07) is 7.87. The van der Waals surface area contributed by atoms with E-state index in [-0.39, 0.29) is 0 Å². The molecule has 0 bridgehead atoms. The second kappa shape index (κ2) is 11.0. The Morgan fingerprint density at radius 3 is 1.95 bits per heavy atom. The molecule has 0 amide bonds. The van der Waals surface area contributed by atoms with E-state index in [0.29, 0.717) is 13.2 Å². The first-order chi connectivity index (χ1) is 10.7. The molecule has 0 atom stereocenters. The van der Waals surface area contributed by atoms with Gasteiger partial charge < -0.3 is 9.05 Å². The SMILES string of the molecule is CCCCOP(=O)(OCCCC)c1ccccc1CCCC. The molecule has 0 fully saturated rings. The Labute approximate surface area is 136 Å². The Bertz CT molecular complexity index is 445. The zero-order chi connectivity index (χ0) is 16.3. The Morgan fingerprint density at radius 2 is 1.41 bits per heavy atom. The maximum absolute atomic E-state index is 13.3. The molecule has 1 rings (SSSR count). The summed E-state index contributed by atoms with van der Waals surface area (Å²) < 4.78 is 24.8. The van der Waals surface area contributed by atoms with Gasteiger partial charge in [0, 0.05) is 0 Å². The smallest absolute Gasteiger partial charge is 0.305 e. The van der Waals surface area contributed by atoms with Crippen LogP contribution in [0.25, 0.3) is 0 Å². The first-order valence-corrected chi connectivity index (χ1v) is 10.2. The molecule has 4 heteroatoms. The van der Waals surface area contributed by atoms with E-state index in [1.165, 1.54) is 0 Å². The summed E-state index contributed by atoms with van der Waals surface area (Å²) in [5.41, 5.74) is 1.10. The average molecular weight is 326 g/mol. The van der Waals surface area contributed by atoms with E-state index in [2.05, 4.69) is 20.8 Å². The van der Waals surface area contributed by atoms with Gasteiger partial charge >= 0.3 is 7.60 Å². The highest BCUT2D eigenvalue weighted by Crippen LogP contribution is 2.48. The van der Waals surface area contributed by atoms with Crippen molar-refractivity contribution in [1.29, 1.82) is 0 Å². The molecule has 126 valence electrons. The summed E-state index contributed by atoms with van der Waals surface area (Å²) >= 11 is 0. The lowest BCUT2D eigenvalue weighted by Gasteiger charge is -2.21. The molecule has 0 saturated heterocycles. The predicted molar refractivity (Wildman–Crippen MR) is 94.0 cm³/mol. The van der Waals surface area contributed by atoms with Crippen molar-refractivity contribution in [1.82, 2.24) is 0 Å². The highest BCUT2D eigenvalue weighted by molar-refractivity contribution is 7.62. The fraction of sp³-hybridized carbons (Fsp3) is 0.667. The number of unbranched alkanes of at least 4 members (excludes halogenated alkanes) is 3. The largest absolute Gasteiger partial charge is 0.361 e. The van der Waals surface area contributed by atoms with E-state index in [1.54, 1.807) is 0 Å². The normalized spacial score (nSPS) is 11.8. The van der Waals surface area contributed by atoms with Crippen molar-refractivity contribution < 1.29 is 13.6 Å². The zero-order valence-electron chi connectivity index (χ0n) is 14.3. The van der Waals surface area contributed by atoms with Gasteiger partial charge in [0.2, 0.25) is 0 Å². The maximum atomic E-state index is 13.3. The molecule has 0 aliphatic rings. The predicted octanol–water partition coefficient (Wildman–Crippen LogP) is 5.48. The Morgan fingerprint density at radius 1 is 0.864 bits per heavy atom. The Hall–Kier alpha value is -0.630. The molecular weight excluding hydrogens is 295 g/mol. The van der Waals surface area contributed by atoms with Crippen LogP contribution in [0.15, 0.2) is 24.3 Å². The van der Waals surface area contributed by atoms with Gasteiger partial charge in [-0.1, -0.05) is 58.2 Å². The van der Waals surface area contributed by atoms with Gasteiger partial charge in [0.25, 0.3) is 0 Å². The zero-order valence-corrected chi connectivity index (χ0v) is 15.2. The minimum atomic E-state index is -3.21.